The number of hydrogen-bond acceptors (Lipinski definition) is 7. The first-order chi connectivity index (χ1) is 12.9. The second-order valence-corrected chi connectivity index (χ2v) is 7.91. The van der Waals surface area contributed by atoms with Gasteiger partial charge in [0.15, 0.2) is 11.5 Å². The fourth-order valence-corrected chi connectivity index (χ4v) is 4.36. The van der Waals surface area contributed by atoms with E-state index in [1.807, 2.05) is 0 Å². The van der Waals surface area contributed by atoms with Crippen LogP contribution in [0.1, 0.15) is 5.69 Å². The van der Waals surface area contributed by atoms with Gasteiger partial charge in [-0.05, 0) is 31.2 Å². The van der Waals surface area contributed by atoms with Crippen molar-refractivity contribution >= 4 is 44.5 Å². The smallest absolute Gasteiger partial charge is 0.287 e. The van der Waals surface area contributed by atoms with Crippen LogP contribution in [-0.4, -0.2) is 24.7 Å². The third-order valence-electron chi connectivity index (χ3n) is 4.06. The summed E-state index contributed by atoms with van der Waals surface area (Å²) in [5.74, 6) is 0.835. The Kier molecular flexibility index (Phi) is 4.12. The maximum Gasteiger partial charge on any atom is 0.287 e. The van der Waals surface area contributed by atoms with Gasteiger partial charge in [0.05, 0.1) is 23.5 Å². The second kappa shape index (κ2) is 6.36. The molecule has 0 unspecified atom stereocenters. The first-order valence-electron chi connectivity index (χ1n) is 7.88. The van der Waals surface area contributed by atoms with Crippen LogP contribution in [0.4, 0.5) is 22.9 Å². The van der Waals surface area contributed by atoms with Gasteiger partial charge in [-0.3, -0.25) is 0 Å². The molecule has 0 fully saturated rings. The van der Waals surface area contributed by atoms with Gasteiger partial charge in [-0.15, -0.1) is 14.3 Å². The molecule has 4 rings (SSSR count). The third-order valence-corrected chi connectivity index (χ3v) is 5.99. The minimum absolute atomic E-state index is 0.154. The molecule has 0 saturated heterocycles. The van der Waals surface area contributed by atoms with Gasteiger partial charge < -0.3 is 10.1 Å². The van der Waals surface area contributed by atoms with Crippen molar-refractivity contribution in [1.29, 1.82) is 0 Å². The van der Waals surface area contributed by atoms with E-state index in [9.17, 15) is 8.42 Å². The van der Waals surface area contributed by atoms with Gasteiger partial charge in [0, 0.05) is 6.07 Å². The fraction of sp³-hybridized carbons (Fsp3) is 0.118. The zero-order valence-corrected chi connectivity index (χ0v) is 15.9. The van der Waals surface area contributed by atoms with E-state index in [1.165, 1.54) is 6.07 Å². The van der Waals surface area contributed by atoms with E-state index in [0.29, 0.717) is 33.5 Å². The van der Waals surface area contributed by atoms with Crippen molar-refractivity contribution in [2.45, 2.75) is 11.8 Å². The number of azo groups is 1. The normalized spacial score (nSPS) is 14.5. The van der Waals surface area contributed by atoms with Crippen LogP contribution in [0.15, 0.2) is 57.6 Å². The molecule has 1 aliphatic heterocycles. The van der Waals surface area contributed by atoms with E-state index < -0.39 is 10.0 Å². The largest absolute Gasteiger partial charge is 0.497 e. The van der Waals surface area contributed by atoms with Gasteiger partial charge in [0.1, 0.15) is 16.3 Å². The number of nitrogens with one attached hydrogen (secondary N) is 1. The second-order valence-electron chi connectivity index (χ2n) is 5.77. The predicted octanol–water partition coefficient (Wildman–Crippen LogP) is 4.56. The van der Waals surface area contributed by atoms with E-state index in [4.69, 9.17) is 16.3 Å². The van der Waals surface area contributed by atoms with Gasteiger partial charge in [0.2, 0.25) is 0 Å². The Hall–Kier alpha value is -2.91. The summed E-state index contributed by atoms with van der Waals surface area (Å²) in [6, 6.07) is 11.6. The highest BCUT2D eigenvalue weighted by molar-refractivity contribution is 7.90. The highest BCUT2D eigenvalue weighted by atomic mass is 35.5. The minimum atomic E-state index is -3.80. The van der Waals surface area contributed by atoms with Crippen LogP contribution < -0.4 is 10.1 Å². The predicted molar refractivity (Wildman–Crippen MR) is 101 cm³/mol. The zero-order valence-electron chi connectivity index (χ0n) is 14.3. The number of para-hydroxylation sites is 1. The number of rotatable bonds is 3. The Bertz CT molecular complexity index is 1190. The van der Waals surface area contributed by atoms with Crippen molar-refractivity contribution in [2.75, 3.05) is 12.4 Å². The molecule has 3 aromatic rings. The van der Waals surface area contributed by atoms with Gasteiger partial charge >= 0.3 is 0 Å². The highest BCUT2D eigenvalue weighted by Crippen LogP contribution is 2.41. The Morgan fingerprint density at radius 3 is 2.70 bits per heavy atom. The summed E-state index contributed by atoms with van der Waals surface area (Å²) in [6.07, 6.45) is 0. The molecular weight excluding hydrogens is 390 g/mol. The molecule has 0 atom stereocenters. The number of aryl methyl sites for hydroxylation is 1. The minimum Gasteiger partial charge on any atom is -0.497 e. The number of benzene rings is 2. The van der Waals surface area contributed by atoms with E-state index in [2.05, 4.69) is 20.6 Å². The van der Waals surface area contributed by atoms with Gasteiger partial charge in [-0.1, -0.05) is 23.7 Å². The average Bonchev–Trinajstić information content (AvgIpc) is 2.97. The standard InChI is InChI=1S/C17H14ClN5O3S/c1-10-16(21-20-13-8-7-11(26-2)9-12(13)18)17-19-14-5-3-4-6-15(14)27(24,25)23(17)22-10/h3-9,19H,1-2H3/b21-20+. The molecular formula is C17H14ClN5O3S. The lowest BCUT2D eigenvalue weighted by Crippen LogP contribution is -2.22. The van der Waals surface area contributed by atoms with Crippen molar-refractivity contribution in [3.63, 3.8) is 0 Å². The summed E-state index contributed by atoms with van der Waals surface area (Å²) >= 11 is 6.18. The lowest BCUT2D eigenvalue weighted by molar-refractivity contribution is 0.415. The van der Waals surface area contributed by atoms with Crippen molar-refractivity contribution in [1.82, 2.24) is 9.19 Å². The molecule has 10 heteroatoms. The monoisotopic (exact) mass is 403 g/mol. The molecule has 8 nitrogen and oxygen atoms in total. The molecule has 1 aromatic heterocycles. The third kappa shape index (κ3) is 2.84. The van der Waals surface area contributed by atoms with Crippen molar-refractivity contribution in [3.05, 3.63) is 53.2 Å². The van der Waals surface area contributed by atoms with Crippen molar-refractivity contribution < 1.29 is 13.2 Å². The number of aromatic nitrogens is 2. The molecule has 2 aromatic carbocycles. The van der Waals surface area contributed by atoms with Crippen LogP contribution in [-0.2, 0) is 10.0 Å². The molecule has 0 saturated carbocycles. The van der Waals surface area contributed by atoms with E-state index in [0.717, 1.165) is 4.09 Å². The Balaban J connectivity index is 1.79. The van der Waals surface area contributed by atoms with Crippen molar-refractivity contribution in [2.24, 2.45) is 10.2 Å². The van der Waals surface area contributed by atoms with E-state index >= 15 is 0 Å². The molecule has 0 amide bonds. The topological polar surface area (TPSA) is 97.9 Å². The van der Waals surface area contributed by atoms with Crippen LogP contribution in [0.25, 0.3) is 0 Å². The highest BCUT2D eigenvalue weighted by Gasteiger charge is 2.33. The molecule has 0 spiro atoms. The quantitative estimate of drug-likeness (QED) is 0.505. The molecule has 138 valence electrons. The molecule has 0 bridgehead atoms. The SMILES string of the molecule is COc1ccc(/N=N/c2c(C)nn3c2Nc2ccccc2S3(=O)=O)c(Cl)c1. The maximum absolute atomic E-state index is 12.8. The molecule has 27 heavy (non-hydrogen) atoms. The number of methoxy groups -OCH3 is 1. The summed E-state index contributed by atoms with van der Waals surface area (Å²) in [6.45, 7) is 1.66. The summed E-state index contributed by atoms with van der Waals surface area (Å²) in [4.78, 5) is 0.154. The van der Waals surface area contributed by atoms with Crippen LogP contribution in [0.2, 0.25) is 5.02 Å². The number of halogens is 1. The maximum atomic E-state index is 12.8. The zero-order chi connectivity index (χ0) is 19.2. The molecule has 2 heterocycles. The number of ether oxygens (including phenoxy) is 1. The average molecular weight is 404 g/mol. The van der Waals surface area contributed by atoms with Crippen LogP contribution >= 0.6 is 11.6 Å². The van der Waals surface area contributed by atoms with E-state index in [-0.39, 0.29) is 10.7 Å². The van der Waals surface area contributed by atoms with Gasteiger partial charge in [-0.25, -0.2) is 0 Å². The van der Waals surface area contributed by atoms with Gasteiger partial charge in [0.25, 0.3) is 10.0 Å². The Morgan fingerprint density at radius 2 is 1.96 bits per heavy atom. The Morgan fingerprint density at radius 1 is 1.19 bits per heavy atom. The number of hydrogen-bond donors (Lipinski definition) is 1. The number of anilines is 2. The first-order valence-corrected chi connectivity index (χ1v) is 9.70. The van der Waals surface area contributed by atoms with Crippen LogP contribution in [0.5, 0.6) is 5.75 Å². The summed E-state index contributed by atoms with van der Waals surface area (Å²) in [7, 11) is -2.26. The lowest BCUT2D eigenvalue weighted by Gasteiger charge is -2.19. The van der Waals surface area contributed by atoms with Crippen molar-refractivity contribution in [3.8, 4) is 5.75 Å². The molecule has 0 aliphatic carbocycles. The molecule has 0 radical (unpaired) electrons. The van der Waals surface area contributed by atoms with E-state index in [1.54, 1.807) is 50.4 Å². The van der Waals surface area contributed by atoms with Crippen LogP contribution in [0, 0.1) is 6.92 Å². The molecule has 1 N–H and O–H groups in total. The number of fused-ring (bicyclic) bond motifs is 2. The lowest BCUT2D eigenvalue weighted by atomic mass is 10.3. The van der Waals surface area contributed by atoms with Crippen LogP contribution in [0.3, 0.4) is 0 Å². The first kappa shape index (κ1) is 17.5. The fourth-order valence-electron chi connectivity index (χ4n) is 2.71. The number of nitrogens with zero attached hydrogens (tertiary/aromatic N) is 4. The molecule has 1 aliphatic rings. The summed E-state index contributed by atoms with van der Waals surface area (Å²) in [5.41, 5.74) is 1.63. The summed E-state index contributed by atoms with van der Waals surface area (Å²) in [5, 5.41) is 15.9. The summed E-state index contributed by atoms with van der Waals surface area (Å²) < 4.78 is 31.7. The van der Waals surface area contributed by atoms with Gasteiger partial charge in [-0.2, -0.15) is 13.5 Å². The Labute approximate surface area is 160 Å².